The van der Waals surface area contributed by atoms with E-state index in [1.54, 1.807) is 28.8 Å². The molecule has 1 fully saturated rings. The minimum Gasteiger partial charge on any atom is -0.394 e. The molecule has 2 aromatic heterocycles. The van der Waals surface area contributed by atoms with Gasteiger partial charge in [-0.15, -0.1) is 0 Å². The second-order valence-electron chi connectivity index (χ2n) is 6.90. The van der Waals surface area contributed by atoms with Gasteiger partial charge >= 0.3 is 0 Å². The third-order valence-corrected chi connectivity index (χ3v) is 5.10. The molecule has 1 aliphatic rings. The largest absolute Gasteiger partial charge is 0.394 e. The maximum atomic E-state index is 11.0. The predicted octanol–water partition coefficient (Wildman–Crippen LogP) is 0.175. The molecule has 4 rings (SSSR count). The molecule has 0 radical (unpaired) electrons. The fourth-order valence-electron chi connectivity index (χ4n) is 3.75. The molecular weight excluding hydrogens is 362 g/mol. The molecule has 0 aliphatic carbocycles. The molecule has 1 aromatic carbocycles. The summed E-state index contributed by atoms with van der Waals surface area (Å²) in [5.41, 5.74) is 5.92. The molecule has 5 N–H and O–H groups in total. The Morgan fingerprint density at radius 1 is 1.21 bits per heavy atom. The van der Waals surface area contributed by atoms with Gasteiger partial charge in [-0.2, -0.15) is 0 Å². The summed E-state index contributed by atoms with van der Waals surface area (Å²) >= 11 is 0. The zero-order valence-electron chi connectivity index (χ0n) is 15.4. The van der Waals surface area contributed by atoms with Crippen molar-refractivity contribution in [2.24, 2.45) is 0 Å². The van der Waals surface area contributed by atoms with E-state index in [9.17, 15) is 15.3 Å². The molecule has 3 aromatic rings. The number of nitrogen functional groups attached to an aromatic ring is 1. The molecular formula is C19H23N5O4. The molecule has 148 valence electrons. The Kier molecular flexibility index (Phi) is 4.76. The number of nitrogens with two attached hydrogens (primary N) is 1. The van der Waals surface area contributed by atoms with Crippen molar-refractivity contribution in [1.82, 2.24) is 19.5 Å². The first kappa shape index (κ1) is 18.8. The van der Waals surface area contributed by atoms with Crippen LogP contribution in [0.3, 0.4) is 0 Å². The van der Waals surface area contributed by atoms with Crippen LogP contribution >= 0.6 is 0 Å². The van der Waals surface area contributed by atoms with Crippen LogP contribution in [0.1, 0.15) is 24.7 Å². The molecule has 0 amide bonds. The van der Waals surface area contributed by atoms with E-state index in [2.05, 4.69) is 15.0 Å². The van der Waals surface area contributed by atoms with E-state index in [0.29, 0.717) is 29.0 Å². The number of ether oxygens (including phenoxy) is 1. The maximum absolute atomic E-state index is 11.0. The van der Waals surface area contributed by atoms with Crippen LogP contribution in [0.25, 0.3) is 11.2 Å². The minimum atomic E-state index is -1.52. The van der Waals surface area contributed by atoms with Crippen molar-refractivity contribution in [1.29, 1.82) is 0 Å². The van der Waals surface area contributed by atoms with E-state index in [0.717, 1.165) is 6.42 Å². The normalized spacial score (nSPS) is 27.5. The Morgan fingerprint density at radius 3 is 2.61 bits per heavy atom. The zero-order valence-corrected chi connectivity index (χ0v) is 15.4. The SMILES string of the molecule is CCCc1nc(N)c2ncn([C@]3(c4ccccc4)O[C@H](CO)[C@@H](O)[C@H]3O)c2n1. The van der Waals surface area contributed by atoms with Gasteiger partial charge in [0.25, 0.3) is 0 Å². The highest BCUT2D eigenvalue weighted by molar-refractivity contribution is 5.82. The van der Waals surface area contributed by atoms with Crippen LogP contribution in [0.2, 0.25) is 0 Å². The fraction of sp³-hybridized carbons (Fsp3) is 0.421. The first-order valence-corrected chi connectivity index (χ1v) is 9.23. The Hall–Kier alpha value is -2.59. The lowest BCUT2D eigenvalue weighted by Crippen LogP contribution is -2.46. The van der Waals surface area contributed by atoms with Gasteiger partial charge in [-0.1, -0.05) is 37.3 Å². The highest BCUT2D eigenvalue weighted by atomic mass is 16.6. The Balaban J connectivity index is 1.99. The van der Waals surface area contributed by atoms with Crippen LogP contribution in [0.4, 0.5) is 5.82 Å². The topological polar surface area (TPSA) is 140 Å². The predicted molar refractivity (Wildman–Crippen MR) is 101 cm³/mol. The Labute approximate surface area is 161 Å². The van der Waals surface area contributed by atoms with Gasteiger partial charge in [-0.05, 0) is 6.42 Å². The molecule has 3 heterocycles. The number of hydrogen-bond donors (Lipinski definition) is 4. The molecule has 9 heteroatoms. The molecule has 4 atom stereocenters. The van der Waals surface area contributed by atoms with Crippen LogP contribution < -0.4 is 5.73 Å². The first-order chi connectivity index (χ1) is 13.5. The third-order valence-electron chi connectivity index (χ3n) is 5.10. The van der Waals surface area contributed by atoms with Crippen LogP contribution in [0, 0.1) is 0 Å². The van der Waals surface area contributed by atoms with E-state index in [4.69, 9.17) is 10.5 Å². The number of benzene rings is 1. The zero-order chi connectivity index (χ0) is 19.9. The molecule has 0 saturated carbocycles. The smallest absolute Gasteiger partial charge is 0.203 e. The van der Waals surface area contributed by atoms with Crippen molar-refractivity contribution in [2.75, 3.05) is 12.3 Å². The summed E-state index contributed by atoms with van der Waals surface area (Å²) in [5.74, 6) is 0.798. The van der Waals surface area contributed by atoms with E-state index >= 15 is 0 Å². The van der Waals surface area contributed by atoms with Crippen molar-refractivity contribution in [3.05, 3.63) is 48.0 Å². The average Bonchev–Trinajstić information content (AvgIpc) is 3.24. The lowest BCUT2D eigenvalue weighted by Gasteiger charge is -2.34. The van der Waals surface area contributed by atoms with E-state index in [1.165, 1.54) is 6.33 Å². The van der Waals surface area contributed by atoms with Crippen LogP contribution in [0.15, 0.2) is 36.7 Å². The van der Waals surface area contributed by atoms with E-state index < -0.39 is 30.6 Å². The standard InChI is InChI=1S/C19H23N5O4/c1-2-6-13-22-17(20)14-18(23-13)24(10-21-14)19(11-7-4-3-5-8-11)16(27)15(26)12(9-25)28-19/h3-5,7-8,10,12,15-16,25-27H,2,6,9H2,1H3,(H2,20,22,23)/t12-,15-,16-,19-/m1/s1. The van der Waals surface area contributed by atoms with Crippen LogP contribution in [-0.2, 0) is 16.9 Å². The summed E-state index contributed by atoms with van der Waals surface area (Å²) in [5, 5.41) is 31.2. The van der Waals surface area contributed by atoms with Crippen molar-refractivity contribution < 1.29 is 20.1 Å². The van der Waals surface area contributed by atoms with E-state index in [1.807, 2.05) is 13.0 Å². The summed E-state index contributed by atoms with van der Waals surface area (Å²) < 4.78 is 7.64. The Bertz CT molecular complexity index is 979. The summed E-state index contributed by atoms with van der Waals surface area (Å²) in [6.45, 7) is 1.57. The van der Waals surface area contributed by atoms with E-state index in [-0.39, 0.29) is 5.82 Å². The molecule has 0 spiro atoms. The van der Waals surface area contributed by atoms with Gasteiger partial charge in [0.1, 0.15) is 29.7 Å². The van der Waals surface area contributed by atoms with Gasteiger partial charge in [0.2, 0.25) is 5.72 Å². The summed E-state index contributed by atoms with van der Waals surface area (Å²) in [6, 6.07) is 9.00. The molecule has 0 bridgehead atoms. The lowest BCUT2D eigenvalue weighted by molar-refractivity contribution is -0.115. The van der Waals surface area contributed by atoms with Crippen molar-refractivity contribution in [3.8, 4) is 0 Å². The average molecular weight is 385 g/mol. The molecule has 1 aliphatic heterocycles. The molecule has 28 heavy (non-hydrogen) atoms. The van der Waals surface area contributed by atoms with Crippen molar-refractivity contribution in [2.45, 2.75) is 43.8 Å². The van der Waals surface area contributed by atoms with Crippen LogP contribution in [-0.4, -0.2) is 59.8 Å². The highest BCUT2D eigenvalue weighted by Crippen LogP contribution is 2.42. The van der Waals surface area contributed by atoms with Crippen molar-refractivity contribution >= 4 is 17.0 Å². The van der Waals surface area contributed by atoms with Gasteiger partial charge in [-0.25, -0.2) is 15.0 Å². The molecule has 1 saturated heterocycles. The van der Waals surface area contributed by atoms with Crippen LogP contribution in [0.5, 0.6) is 0 Å². The van der Waals surface area contributed by atoms with Crippen molar-refractivity contribution in [3.63, 3.8) is 0 Å². The summed E-state index contributed by atoms with van der Waals surface area (Å²) in [7, 11) is 0. The number of imidazole rings is 1. The number of aryl methyl sites for hydroxylation is 1. The van der Waals surface area contributed by atoms with Gasteiger partial charge in [-0.3, -0.25) is 4.57 Å². The fourth-order valence-corrected chi connectivity index (χ4v) is 3.75. The Morgan fingerprint density at radius 2 is 1.96 bits per heavy atom. The second-order valence-corrected chi connectivity index (χ2v) is 6.90. The van der Waals surface area contributed by atoms with Gasteiger partial charge in [0, 0.05) is 12.0 Å². The second kappa shape index (κ2) is 7.10. The summed E-state index contributed by atoms with van der Waals surface area (Å²) in [6.07, 6.45) is -0.690. The number of hydrogen-bond acceptors (Lipinski definition) is 8. The van der Waals surface area contributed by atoms with Gasteiger partial charge in [0.05, 0.1) is 12.9 Å². The highest BCUT2D eigenvalue weighted by Gasteiger charge is 2.57. The number of aliphatic hydroxyl groups excluding tert-OH is 3. The third kappa shape index (κ3) is 2.67. The summed E-state index contributed by atoms with van der Waals surface area (Å²) in [4.78, 5) is 13.2. The number of fused-ring (bicyclic) bond motifs is 1. The maximum Gasteiger partial charge on any atom is 0.203 e. The van der Waals surface area contributed by atoms with Gasteiger partial charge in [0.15, 0.2) is 11.5 Å². The minimum absolute atomic E-state index is 0.238. The molecule has 0 unspecified atom stereocenters. The lowest BCUT2D eigenvalue weighted by atomic mass is 9.94. The number of aromatic nitrogens is 4. The first-order valence-electron chi connectivity index (χ1n) is 9.23. The number of rotatable bonds is 5. The quantitative estimate of drug-likeness (QED) is 0.487. The molecule has 9 nitrogen and oxygen atoms in total. The van der Waals surface area contributed by atoms with Gasteiger partial charge < -0.3 is 25.8 Å². The monoisotopic (exact) mass is 385 g/mol. The number of anilines is 1. The number of nitrogens with zero attached hydrogens (tertiary/aromatic N) is 4. The number of aliphatic hydroxyl groups is 3.